The SMILES string of the molecule is COc1ccnc(C[S@@](=O)c2nc3ccc(CC(F)F)cc3[nH]2)c1CO. The van der Waals surface area contributed by atoms with Crippen molar-refractivity contribution in [1.82, 2.24) is 15.0 Å². The van der Waals surface area contributed by atoms with Crippen molar-refractivity contribution in [1.29, 1.82) is 0 Å². The van der Waals surface area contributed by atoms with Gasteiger partial charge in [-0.25, -0.2) is 13.8 Å². The first-order valence-corrected chi connectivity index (χ1v) is 9.10. The number of aliphatic hydroxyl groups excluding tert-OH is 1. The van der Waals surface area contributed by atoms with Crippen LogP contribution in [0.25, 0.3) is 11.0 Å². The van der Waals surface area contributed by atoms with Crippen LogP contribution in [0.4, 0.5) is 8.78 Å². The molecule has 0 aliphatic rings. The van der Waals surface area contributed by atoms with Crippen molar-refractivity contribution in [2.24, 2.45) is 0 Å². The van der Waals surface area contributed by atoms with E-state index >= 15 is 0 Å². The maximum atomic E-state index is 12.6. The Kier molecular flexibility index (Phi) is 5.58. The molecule has 3 aromatic rings. The predicted octanol–water partition coefficient (Wildman–Crippen LogP) is 2.57. The lowest BCUT2D eigenvalue weighted by Gasteiger charge is -2.10. The summed E-state index contributed by atoms with van der Waals surface area (Å²) in [6.07, 6.45) is -1.26. The topological polar surface area (TPSA) is 88.1 Å². The molecule has 0 fully saturated rings. The zero-order valence-electron chi connectivity index (χ0n) is 13.9. The van der Waals surface area contributed by atoms with E-state index < -0.39 is 17.2 Å². The number of imidazole rings is 1. The summed E-state index contributed by atoms with van der Waals surface area (Å²) in [5, 5.41) is 9.75. The number of rotatable bonds is 7. The Bertz CT molecular complexity index is 946. The zero-order chi connectivity index (χ0) is 18.7. The third kappa shape index (κ3) is 3.88. The summed E-state index contributed by atoms with van der Waals surface area (Å²) < 4.78 is 42.9. The number of nitrogens with one attached hydrogen (secondary N) is 1. The van der Waals surface area contributed by atoms with Gasteiger partial charge in [-0.1, -0.05) is 6.07 Å². The van der Waals surface area contributed by atoms with Crippen molar-refractivity contribution >= 4 is 21.8 Å². The molecule has 6 nitrogen and oxygen atoms in total. The third-order valence-corrected chi connectivity index (χ3v) is 5.04. The Morgan fingerprint density at radius 3 is 2.85 bits per heavy atom. The second-order valence-electron chi connectivity index (χ2n) is 5.58. The lowest BCUT2D eigenvalue weighted by Crippen LogP contribution is -2.06. The molecule has 138 valence electrons. The monoisotopic (exact) mass is 381 g/mol. The number of hydrogen-bond donors (Lipinski definition) is 2. The molecule has 1 aromatic carbocycles. The number of halogens is 2. The molecule has 0 saturated heterocycles. The van der Waals surface area contributed by atoms with Crippen LogP contribution in [0.15, 0.2) is 35.6 Å². The molecule has 2 N–H and O–H groups in total. The highest BCUT2D eigenvalue weighted by atomic mass is 32.2. The summed E-state index contributed by atoms with van der Waals surface area (Å²) in [7, 11) is -0.0729. The maximum Gasteiger partial charge on any atom is 0.242 e. The van der Waals surface area contributed by atoms with E-state index in [-0.39, 0.29) is 23.9 Å². The molecule has 9 heteroatoms. The minimum absolute atomic E-state index is 0.0385. The van der Waals surface area contributed by atoms with Crippen LogP contribution in [0.3, 0.4) is 0 Å². The molecule has 26 heavy (non-hydrogen) atoms. The van der Waals surface area contributed by atoms with Crippen LogP contribution in [0.2, 0.25) is 0 Å². The molecule has 0 aliphatic heterocycles. The van der Waals surface area contributed by atoms with Crippen molar-refractivity contribution < 1.29 is 22.8 Å². The van der Waals surface area contributed by atoms with Gasteiger partial charge in [0.1, 0.15) is 5.75 Å². The fraction of sp³-hybridized carbons (Fsp3) is 0.294. The van der Waals surface area contributed by atoms with E-state index in [1.54, 1.807) is 24.3 Å². The number of aromatic nitrogens is 3. The minimum atomic E-state index is -2.43. The standard InChI is InChI=1S/C17H17F2N3O3S/c1-25-15-4-5-20-14(11(15)8-23)9-26(24)17-21-12-3-2-10(7-16(18)19)6-13(12)22-17/h2-6,16,23H,7-9H2,1H3,(H,21,22)/t26-/m1/s1. The van der Waals surface area contributed by atoms with Crippen LogP contribution >= 0.6 is 0 Å². The molecule has 0 saturated carbocycles. The smallest absolute Gasteiger partial charge is 0.242 e. The van der Waals surface area contributed by atoms with E-state index in [1.165, 1.54) is 13.3 Å². The van der Waals surface area contributed by atoms with Crippen LogP contribution in [0.1, 0.15) is 16.8 Å². The van der Waals surface area contributed by atoms with Gasteiger partial charge < -0.3 is 14.8 Å². The lowest BCUT2D eigenvalue weighted by molar-refractivity contribution is 0.149. The van der Waals surface area contributed by atoms with E-state index in [2.05, 4.69) is 15.0 Å². The molecule has 3 rings (SSSR count). The van der Waals surface area contributed by atoms with Crippen LogP contribution in [0, 0.1) is 0 Å². The number of ether oxygens (including phenoxy) is 1. The van der Waals surface area contributed by atoms with Gasteiger partial charge in [0.15, 0.2) is 5.16 Å². The van der Waals surface area contributed by atoms with Gasteiger partial charge in [0.05, 0.1) is 47.0 Å². The Morgan fingerprint density at radius 1 is 1.35 bits per heavy atom. The van der Waals surface area contributed by atoms with Crippen molar-refractivity contribution in [3.05, 3.63) is 47.3 Å². The number of aliphatic hydroxyl groups is 1. The average Bonchev–Trinajstić information content (AvgIpc) is 3.04. The lowest BCUT2D eigenvalue weighted by atomic mass is 10.1. The van der Waals surface area contributed by atoms with E-state index in [0.29, 0.717) is 33.6 Å². The third-order valence-electron chi connectivity index (χ3n) is 3.88. The Morgan fingerprint density at radius 2 is 2.15 bits per heavy atom. The van der Waals surface area contributed by atoms with E-state index in [1.807, 2.05) is 0 Å². The van der Waals surface area contributed by atoms with Gasteiger partial charge in [-0.15, -0.1) is 0 Å². The van der Waals surface area contributed by atoms with Crippen LogP contribution < -0.4 is 4.74 Å². The Labute approximate surface area is 150 Å². The number of alkyl halides is 2. The summed E-state index contributed by atoms with van der Waals surface area (Å²) in [6, 6.07) is 6.39. The number of pyridine rings is 1. The largest absolute Gasteiger partial charge is 0.496 e. The summed E-state index contributed by atoms with van der Waals surface area (Å²) >= 11 is 0. The fourth-order valence-electron chi connectivity index (χ4n) is 2.64. The summed E-state index contributed by atoms with van der Waals surface area (Å²) in [5.74, 6) is 0.507. The van der Waals surface area contributed by atoms with Gasteiger partial charge in [0.25, 0.3) is 0 Å². The van der Waals surface area contributed by atoms with Crippen LogP contribution in [-0.2, 0) is 29.6 Å². The second kappa shape index (κ2) is 7.88. The van der Waals surface area contributed by atoms with E-state index in [4.69, 9.17) is 4.74 Å². The number of benzene rings is 1. The number of H-pyrrole nitrogens is 1. The van der Waals surface area contributed by atoms with Gasteiger partial charge in [-0.2, -0.15) is 0 Å². The number of nitrogens with zero attached hydrogens (tertiary/aromatic N) is 2. The van der Waals surface area contributed by atoms with Crippen LogP contribution in [-0.4, -0.2) is 37.8 Å². The highest BCUT2D eigenvalue weighted by molar-refractivity contribution is 7.84. The number of methoxy groups -OCH3 is 1. The van der Waals surface area contributed by atoms with E-state index in [9.17, 15) is 18.1 Å². The Balaban J connectivity index is 1.86. The average molecular weight is 381 g/mol. The number of aromatic amines is 1. The summed E-state index contributed by atoms with van der Waals surface area (Å²) in [5.41, 5.74) is 2.49. The normalized spacial score (nSPS) is 12.7. The highest BCUT2D eigenvalue weighted by Crippen LogP contribution is 2.23. The van der Waals surface area contributed by atoms with Crippen molar-refractivity contribution in [3.63, 3.8) is 0 Å². The fourth-order valence-corrected chi connectivity index (χ4v) is 3.70. The van der Waals surface area contributed by atoms with Crippen molar-refractivity contribution in [2.75, 3.05) is 7.11 Å². The first-order chi connectivity index (χ1) is 12.5. The minimum Gasteiger partial charge on any atom is -0.496 e. The molecule has 2 aromatic heterocycles. The van der Waals surface area contributed by atoms with Gasteiger partial charge >= 0.3 is 0 Å². The van der Waals surface area contributed by atoms with Crippen molar-refractivity contribution in [3.8, 4) is 5.75 Å². The second-order valence-corrected chi connectivity index (χ2v) is 6.94. The molecule has 2 heterocycles. The van der Waals surface area contributed by atoms with Gasteiger partial charge in [0, 0.05) is 18.2 Å². The summed E-state index contributed by atoms with van der Waals surface area (Å²) in [4.78, 5) is 11.3. The molecular formula is C17H17F2N3O3S. The molecule has 0 radical (unpaired) electrons. The zero-order valence-corrected chi connectivity index (χ0v) is 14.7. The number of fused-ring (bicyclic) bond motifs is 1. The molecule has 0 amide bonds. The molecule has 1 atom stereocenters. The highest BCUT2D eigenvalue weighted by Gasteiger charge is 2.17. The van der Waals surface area contributed by atoms with Gasteiger partial charge in [0.2, 0.25) is 6.43 Å². The van der Waals surface area contributed by atoms with Crippen molar-refractivity contribution in [2.45, 2.75) is 30.4 Å². The number of hydrogen-bond acceptors (Lipinski definition) is 5. The summed E-state index contributed by atoms with van der Waals surface area (Å²) in [6.45, 7) is -0.291. The van der Waals surface area contributed by atoms with E-state index in [0.717, 1.165) is 0 Å². The predicted molar refractivity (Wildman–Crippen MR) is 92.6 cm³/mol. The molecule has 0 unspecified atom stereocenters. The first-order valence-electron chi connectivity index (χ1n) is 7.78. The molecule has 0 spiro atoms. The van der Waals surface area contributed by atoms with Gasteiger partial charge in [-0.05, 0) is 23.8 Å². The molecular weight excluding hydrogens is 364 g/mol. The maximum absolute atomic E-state index is 12.6. The quantitative estimate of drug-likeness (QED) is 0.657. The first kappa shape index (κ1) is 18.4. The van der Waals surface area contributed by atoms with Gasteiger partial charge in [-0.3, -0.25) is 9.19 Å². The van der Waals surface area contributed by atoms with Crippen LogP contribution in [0.5, 0.6) is 5.75 Å². The Hall–Kier alpha value is -2.39. The molecule has 0 bridgehead atoms. The molecule has 0 aliphatic carbocycles.